The summed E-state index contributed by atoms with van der Waals surface area (Å²) in [7, 11) is 0. The summed E-state index contributed by atoms with van der Waals surface area (Å²) in [5, 5.41) is 1.15. The molecule has 0 radical (unpaired) electrons. The highest BCUT2D eigenvalue weighted by Gasteiger charge is 2.19. The minimum absolute atomic E-state index is 0.913. The van der Waals surface area contributed by atoms with Crippen LogP contribution in [0.4, 0.5) is 5.82 Å². The van der Waals surface area contributed by atoms with E-state index in [1.54, 1.807) is 11.3 Å². The zero-order valence-corrected chi connectivity index (χ0v) is 14.0. The molecule has 0 bridgehead atoms. The highest BCUT2D eigenvalue weighted by Crippen LogP contribution is 2.21. The van der Waals surface area contributed by atoms with E-state index in [0.717, 1.165) is 59.6 Å². The average molecular weight is 325 g/mol. The molecule has 0 unspecified atom stereocenters. The SMILES string of the molecule is Cc1cccc(N2CCN(Cc3nc4cccnc4s3)CC2)n1. The first kappa shape index (κ1) is 14.5. The number of anilines is 1. The lowest BCUT2D eigenvalue weighted by Gasteiger charge is -2.35. The number of rotatable bonds is 3. The fraction of sp³-hybridized carbons (Fsp3) is 0.353. The van der Waals surface area contributed by atoms with Gasteiger partial charge in [-0.25, -0.2) is 15.0 Å². The molecule has 0 N–H and O–H groups in total. The smallest absolute Gasteiger partial charge is 0.143 e. The van der Waals surface area contributed by atoms with E-state index >= 15 is 0 Å². The summed E-state index contributed by atoms with van der Waals surface area (Å²) in [6.07, 6.45) is 1.83. The van der Waals surface area contributed by atoms with Gasteiger partial charge in [0.2, 0.25) is 0 Å². The monoisotopic (exact) mass is 325 g/mol. The van der Waals surface area contributed by atoms with Gasteiger partial charge < -0.3 is 4.90 Å². The van der Waals surface area contributed by atoms with Crippen LogP contribution in [0.15, 0.2) is 36.5 Å². The Kier molecular flexibility index (Phi) is 3.93. The maximum Gasteiger partial charge on any atom is 0.143 e. The number of hydrogen-bond acceptors (Lipinski definition) is 6. The maximum atomic E-state index is 4.68. The van der Waals surface area contributed by atoms with E-state index in [2.05, 4.69) is 36.9 Å². The van der Waals surface area contributed by atoms with Gasteiger partial charge in [-0.3, -0.25) is 4.90 Å². The molecule has 4 heterocycles. The van der Waals surface area contributed by atoms with E-state index < -0.39 is 0 Å². The Hall–Kier alpha value is -2.05. The van der Waals surface area contributed by atoms with Crippen LogP contribution in [0.5, 0.6) is 0 Å². The number of aryl methyl sites for hydroxylation is 1. The van der Waals surface area contributed by atoms with Crippen LogP contribution >= 0.6 is 11.3 Å². The van der Waals surface area contributed by atoms with Gasteiger partial charge in [-0.1, -0.05) is 17.4 Å². The van der Waals surface area contributed by atoms with Crippen LogP contribution in [0.25, 0.3) is 10.3 Å². The van der Waals surface area contributed by atoms with Crippen LogP contribution in [0.2, 0.25) is 0 Å². The van der Waals surface area contributed by atoms with E-state index in [9.17, 15) is 0 Å². The van der Waals surface area contributed by atoms with E-state index in [1.807, 2.05) is 31.3 Å². The lowest BCUT2D eigenvalue weighted by molar-refractivity contribution is 0.249. The Labute approximate surface area is 139 Å². The summed E-state index contributed by atoms with van der Waals surface area (Å²) in [4.78, 5) is 19.5. The molecular formula is C17H19N5S. The molecule has 0 aromatic carbocycles. The number of fused-ring (bicyclic) bond motifs is 1. The molecule has 23 heavy (non-hydrogen) atoms. The highest BCUT2D eigenvalue weighted by atomic mass is 32.1. The van der Waals surface area contributed by atoms with Crippen molar-refractivity contribution in [2.45, 2.75) is 13.5 Å². The molecule has 1 aliphatic rings. The van der Waals surface area contributed by atoms with Gasteiger partial charge in [0.15, 0.2) is 0 Å². The minimum Gasteiger partial charge on any atom is -0.354 e. The lowest BCUT2D eigenvalue weighted by Crippen LogP contribution is -2.46. The van der Waals surface area contributed by atoms with Gasteiger partial charge in [-0.2, -0.15) is 0 Å². The molecule has 0 spiro atoms. The molecule has 5 nitrogen and oxygen atoms in total. The second-order valence-electron chi connectivity index (χ2n) is 5.84. The normalized spacial score (nSPS) is 16.1. The molecule has 0 amide bonds. The third kappa shape index (κ3) is 3.18. The minimum atomic E-state index is 0.913. The third-order valence-corrected chi connectivity index (χ3v) is 5.10. The fourth-order valence-corrected chi connectivity index (χ4v) is 3.86. The highest BCUT2D eigenvalue weighted by molar-refractivity contribution is 7.18. The summed E-state index contributed by atoms with van der Waals surface area (Å²) in [6.45, 7) is 7.06. The van der Waals surface area contributed by atoms with Crippen LogP contribution in [0, 0.1) is 6.92 Å². The molecule has 0 saturated carbocycles. The summed E-state index contributed by atoms with van der Waals surface area (Å²) in [5.41, 5.74) is 2.09. The Morgan fingerprint density at radius 2 is 1.91 bits per heavy atom. The van der Waals surface area contributed by atoms with Gasteiger partial charge in [0.25, 0.3) is 0 Å². The second kappa shape index (κ2) is 6.22. The molecule has 0 aliphatic carbocycles. The van der Waals surface area contributed by atoms with E-state index in [4.69, 9.17) is 0 Å². The van der Waals surface area contributed by atoms with E-state index in [0.29, 0.717) is 0 Å². The maximum absolute atomic E-state index is 4.68. The van der Waals surface area contributed by atoms with Crippen molar-refractivity contribution in [3.8, 4) is 0 Å². The average Bonchev–Trinajstić information content (AvgIpc) is 2.98. The topological polar surface area (TPSA) is 45.2 Å². The summed E-state index contributed by atoms with van der Waals surface area (Å²) in [6, 6.07) is 10.2. The van der Waals surface area contributed by atoms with Crippen LogP contribution < -0.4 is 4.90 Å². The zero-order chi connectivity index (χ0) is 15.6. The number of piperazine rings is 1. The first-order chi connectivity index (χ1) is 11.3. The van der Waals surface area contributed by atoms with Crippen molar-refractivity contribution in [2.24, 2.45) is 0 Å². The fourth-order valence-electron chi connectivity index (χ4n) is 2.91. The molecular weight excluding hydrogens is 306 g/mol. The van der Waals surface area contributed by atoms with Crippen molar-refractivity contribution >= 4 is 27.5 Å². The van der Waals surface area contributed by atoms with Gasteiger partial charge in [-0.05, 0) is 31.2 Å². The summed E-state index contributed by atoms with van der Waals surface area (Å²) >= 11 is 1.70. The van der Waals surface area contributed by atoms with Gasteiger partial charge in [0, 0.05) is 38.1 Å². The Bertz CT molecular complexity index is 774. The van der Waals surface area contributed by atoms with E-state index in [1.165, 1.54) is 0 Å². The molecule has 1 saturated heterocycles. The molecule has 4 rings (SSSR count). The van der Waals surface area contributed by atoms with Gasteiger partial charge in [-0.15, -0.1) is 0 Å². The van der Waals surface area contributed by atoms with Crippen LogP contribution in [0.3, 0.4) is 0 Å². The molecule has 1 aliphatic heterocycles. The zero-order valence-electron chi connectivity index (χ0n) is 13.1. The van der Waals surface area contributed by atoms with Gasteiger partial charge in [0.05, 0.1) is 6.54 Å². The van der Waals surface area contributed by atoms with Gasteiger partial charge in [0.1, 0.15) is 21.2 Å². The first-order valence-electron chi connectivity index (χ1n) is 7.89. The van der Waals surface area contributed by atoms with Crippen molar-refractivity contribution in [1.82, 2.24) is 19.9 Å². The molecule has 3 aromatic rings. The van der Waals surface area contributed by atoms with Crippen molar-refractivity contribution in [3.05, 3.63) is 47.2 Å². The van der Waals surface area contributed by atoms with Crippen LogP contribution in [-0.4, -0.2) is 46.0 Å². The predicted molar refractivity (Wildman–Crippen MR) is 93.9 cm³/mol. The van der Waals surface area contributed by atoms with Crippen molar-refractivity contribution in [3.63, 3.8) is 0 Å². The predicted octanol–water partition coefficient (Wildman–Crippen LogP) is 2.72. The van der Waals surface area contributed by atoms with Crippen molar-refractivity contribution in [1.29, 1.82) is 0 Å². The molecule has 1 fully saturated rings. The summed E-state index contributed by atoms with van der Waals surface area (Å²) < 4.78 is 0. The second-order valence-corrected chi connectivity index (χ2v) is 6.90. The Morgan fingerprint density at radius 3 is 2.70 bits per heavy atom. The van der Waals surface area contributed by atoms with Crippen LogP contribution in [-0.2, 0) is 6.54 Å². The molecule has 3 aromatic heterocycles. The Balaban J connectivity index is 1.39. The largest absolute Gasteiger partial charge is 0.354 e. The van der Waals surface area contributed by atoms with Crippen molar-refractivity contribution in [2.75, 3.05) is 31.1 Å². The Morgan fingerprint density at radius 1 is 1.04 bits per heavy atom. The number of thiazole rings is 1. The molecule has 0 atom stereocenters. The number of nitrogens with zero attached hydrogens (tertiary/aromatic N) is 5. The molecule has 118 valence electrons. The number of aromatic nitrogens is 3. The molecule has 6 heteroatoms. The number of pyridine rings is 2. The van der Waals surface area contributed by atoms with E-state index in [-0.39, 0.29) is 0 Å². The third-order valence-electron chi connectivity index (χ3n) is 4.14. The lowest BCUT2D eigenvalue weighted by atomic mass is 10.3. The van der Waals surface area contributed by atoms with Crippen LogP contribution in [0.1, 0.15) is 10.7 Å². The standard InChI is InChI=1S/C17H19N5S/c1-13-4-2-6-15(19-13)22-10-8-21(9-11-22)12-16-20-14-5-3-7-18-17(14)23-16/h2-7H,8-12H2,1H3. The quantitative estimate of drug-likeness (QED) is 0.741. The summed E-state index contributed by atoms with van der Waals surface area (Å²) in [5.74, 6) is 1.09. The first-order valence-corrected chi connectivity index (χ1v) is 8.71. The van der Waals surface area contributed by atoms with Crippen molar-refractivity contribution < 1.29 is 0 Å². The van der Waals surface area contributed by atoms with Gasteiger partial charge >= 0.3 is 0 Å². The number of hydrogen-bond donors (Lipinski definition) is 0.